The summed E-state index contributed by atoms with van der Waals surface area (Å²) in [6.07, 6.45) is 0. The molecule has 1 aromatic heterocycles. The smallest absolute Gasteiger partial charge is 0.278 e. The second-order valence-corrected chi connectivity index (χ2v) is 6.58. The number of halogens is 1. The van der Waals surface area contributed by atoms with E-state index in [1.54, 1.807) is 44.2 Å². The third-order valence-corrected chi connectivity index (χ3v) is 4.38. The summed E-state index contributed by atoms with van der Waals surface area (Å²) in [5.74, 6) is -0.738. The van der Waals surface area contributed by atoms with Gasteiger partial charge in [0.15, 0.2) is 5.69 Å². The predicted octanol–water partition coefficient (Wildman–Crippen LogP) is 3.32. The van der Waals surface area contributed by atoms with E-state index in [0.29, 0.717) is 35.0 Å². The number of para-hydroxylation sites is 2. The lowest BCUT2D eigenvalue weighted by Crippen LogP contribution is -2.21. The molecular formula is C21H22FN5O3. The van der Waals surface area contributed by atoms with Crippen molar-refractivity contribution in [3.05, 3.63) is 65.2 Å². The van der Waals surface area contributed by atoms with Gasteiger partial charge in [0.25, 0.3) is 5.91 Å². The fourth-order valence-corrected chi connectivity index (χ4v) is 2.76. The molecule has 3 rings (SSSR count). The van der Waals surface area contributed by atoms with Gasteiger partial charge >= 0.3 is 0 Å². The second kappa shape index (κ2) is 9.17. The summed E-state index contributed by atoms with van der Waals surface area (Å²) in [5, 5.41) is 13.1. The largest absolute Gasteiger partial charge is 0.492 e. The predicted molar refractivity (Wildman–Crippen MR) is 110 cm³/mol. The Bertz CT molecular complexity index is 1080. The van der Waals surface area contributed by atoms with Crippen LogP contribution in [0.1, 0.15) is 28.7 Å². The van der Waals surface area contributed by atoms with E-state index in [2.05, 4.69) is 20.9 Å². The molecular weight excluding hydrogens is 389 g/mol. The first kappa shape index (κ1) is 21.0. The van der Waals surface area contributed by atoms with Crippen LogP contribution in [0.3, 0.4) is 0 Å². The first-order chi connectivity index (χ1) is 14.4. The van der Waals surface area contributed by atoms with E-state index in [4.69, 9.17) is 4.74 Å². The van der Waals surface area contributed by atoms with Crippen LogP contribution in [-0.4, -0.2) is 33.4 Å². The van der Waals surface area contributed by atoms with Gasteiger partial charge in [-0.25, -0.2) is 9.07 Å². The molecule has 0 unspecified atom stereocenters. The zero-order valence-corrected chi connectivity index (χ0v) is 16.9. The standard InChI is InChI=1S/C21H22FN5O3/c1-4-30-18-8-6-5-7-17(18)24-19(28)12-27-14(3)20(25-26-27)21(29)23-15-10-9-13(2)16(22)11-15/h5-11H,4,12H2,1-3H3,(H,23,29)(H,24,28). The zero-order valence-electron chi connectivity index (χ0n) is 16.9. The number of carbonyl (C=O) groups excluding carboxylic acids is 2. The van der Waals surface area contributed by atoms with Gasteiger partial charge in [-0.2, -0.15) is 0 Å². The molecule has 0 atom stereocenters. The Kier molecular flexibility index (Phi) is 6.41. The molecule has 8 nitrogen and oxygen atoms in total. The molecule has 2 N–H and O–H groups in total. The van der Waals surface area contributed by atoms with Crippen molar-refractivity contribution in [1.29, 1.82) is 0 Å². The van der Waals surface area contributed by atoms with E-state index in [1.165, 1.54) is 10.7 Å². The van der Waals surface area contributed by atoms with Gasteiger partial charge < -0.3 is 15.4 Å². The molecule has 156 valence electrons. The van der Waals surface area contributed by atoms with Crippen LogP contribution in [0.15, 0.2) is 42.5 Å². The van der Waals surface area contributed by atoms with E-state index >= 15 is 0 Å². The van der Waals surface area contributed by atoms with E-state index < -0.39 is 11.7 Å². The van der Waals surface area contributed by atoms with Crippen LogP contribution in [0.25, 0.3) is 0 Å². The quantitative estimate of drug-likeness (QED) is 0.622. The molecule has 3 aromatic rings. The van der Waals surface area contributed by atoms with Crippen molar-refractivity contribution in [1.82, 2.24) is 15.0 Å². The maximum atomic E-state index is 13.7. The Morgan fingerprint density at radius 1 is 1.13 bits per heavy atom. The van der Waals surface area contributed by atoms with Crippen LogP contribution in [0.4, 0.5) is 15.8 Å². The minimum absolute atomic E-state index is 0.0542. The molecule has 2 amide bonds. The number of anilines is 2. The van der Waals surface area contributed by atoms with Gasteiger partial charge in [0.2, 0.25) is 5.91 Å². The summed E-state index contributed by atoms with van der Waals surface area (Å²) in [5.41, 5.74) is 1.79. The van der Waals surface area contributed by atoms with Crippen LogP contribution in [0.2, 0.25) is 0 Å². The minimum atomic E-state index is -0.538. The highest BCUT2D eigenvalue weighted by molar-refractivity contribution is 6.03. The topological polar surface area (TPSA) is 98.1 Å². The summed E-state index contributed by atoms with van der Waals surface area (Å²) in [7, 11) is 0. The number of carbonyl (C=O) groups is 2. The van der Waals surface area contributed by atoms with Gasteiger partial charge in [-0.05, 0) is 50.6 Å². The Labute approximate surface area is 173 Å². The lowest BCUT2D eigenvalue weighted by Gasteiger charge is -2.11. The summed E-state index contributed by atoms with van der Waals surface area (Å²) < 4.78 is 20.5. The fourth-order valence-electron chi connectivity index (χ4n) is 2.76. The number of nitrogens with zero attached hydrogens (tertiary/aromatic N) is 3. The number of aryl methyl sites for hydroxylation is 1. The zero-order chi connectivity index (χ0) is 21.7. The average molecular weight is 411 g/mol. The first-order valence-electron chi connectivity index (χ1n) is 9.38. The molecule has 1 heterocycles. The van der Waals surface area contributed by atoms with Crippen LogP contribution in [0.5, 0.6) is 5.75 Å². The van der Waals surface area contributed by atoms with Crippen molar-refractivity contribution in [2.24, 2.45) is 0 Å². The van der Waals surface area contributed by atoms with Crippen LogP contribution >= 0.6 is 0 Å². The molecule has 0 aliphatic rings. The first-order valence-corrected chi connectivity index (χ1v) is 9.38. The number of aromatic nitrogens is 3. The van der Waals surface area contributed by atoms with Crippen molar-refractivity contribution in [2.45, 2.75) is 27.3 Å². The third kappa shape index (κ3) is 4.80. The van der Waals surface area contributed by atoms with Gasteiger partial charge in [-0.15, -0.1) is 5.10 Å². The lowest BCUT2D eigenvalue weighted by molar-refractivity contribution is -0.117. The van der Waals surface area contributed by atoms with Gasteiger partial charge in [-0.3, -0.25) is 9.59 Å². The molecule has 0 fully saturated rings. The monoisotopic (exact) mass is 411 g/mol. The maximum Gasteiger partial charge on any atom is 0.278 e. The van der Waals surface area contributed by atoms with Crippen LogP contribution in [0, 0.1) is 19.7 Å². The molecule has 0 spiro atoms. The van der Waals surface area contributed by atoms with Crippen molar-refractivity contribution >= 4 is 23.2 Å². The maximum absolute atomic E-state index is 13.7. The van der Waals surface area contributed by atoms with Gasteiger partial charge in [0.05, 0.1) is 18.0 Å². The molecule has 0 bridgehead atoms. The normalized spacial score (nSPS) is 10.5. The highest BCUT2D eigenvalue weighted by Crippen LogP contribution is 2.23. The van der Waals surface area contributed by atoms with Gasteiger partial charge in [-0.1, -0.05) is 23.4 Å². The van der Waals surface area contributed by atoms with Crippen molar-refractivity contribution < 1.29 is 18.7 Å². The Morgan fingerprint density at radius 3 is 2.63 bits per heavy atom. The molecule has 0 radical (unpaired) electrons. The Morgan fingerprint density at radius 2 is 1.90 bits per heavy atom. The number of nitrogens with one attached hydrogen (secondary N) is 2. The van der Waals surface area contributed by atoms with Crippen molar-refractivity contribution in [3.63, 3.8) is 0 Å². The third-order valence-electron chi connectivity index (χ3n) is 4.38. The lowest BCUT2D eigenvalue weighted by atomic mass is 10.2. The highest BCUT2D eigenvalue weighted by atomic mass is 19.1. The molecule has 0 saturated carbocycles. The molecule has 9 heteroatoms. The number of benzene rings is 2. The average Bonchev–Trinajstić information content (AvgIpc) is 3.07. The van der Waals surface area contributed by atoms with E-state index in [9.17, 15) is 14.0 Å². The number of hydrogen-bond donors (Lipinski definition) is 2. The molecule has 2 aromatic carbocycles. The SMILES string of the molecule is CCOc1ccccc1NC(=O)Cn1nnc(C(=O)Nc2ccc(C)c(F)c2)c1C. The molecule has 0 aliphatic heterocycles. The summed E-state index contributed by atoms with van der Waals surface area (Å²) in [6.45, 7) is 5.46. The number of ether oxygens (including phenoxy) is 1. The van der Waals surface area contributed by atoms with E-state index in [1.807, 2.05) is 13.0 Å². The molecule has 0 aliphatic carbocycles. The number of hydrogen-bond acceptors (Lipinski definition) is 5. The summed E-state index contributed by atoms with van der Waals surface area (Å²) >= 11 is 0. The van der Waals surface area contributed by atoms with Crippen LogP contribution < -0.4 is 15.4 Å². The summed E-state index contributed by atoms with van der Waals surface area (Å²) in [6, 6.07) is 11.5. The second-order valence-electron chi connectivity index (χ2n) is 6.58. The molecule has 0 saturated heterocycles. The number of rotatable bonds is 7. The number of amides is 2. The van der Waals surface area contributed by atoms with Crippen molar-refractivity contribution in [3.8, 4) is 5.75 Å². The highest BCUT2D eigenvalue weighted by Gasteiger charge is 2.19. The minimum Gasteiger partial charge on any atom is -0.492 e. The van der Waals surface area contributed by atoms with Gasteiger partial charge in [0, 0.05) is 5.69 Å². The summed E-state index contributed by atoms with van der Waals surface area (Å²) in [4.78, 5) is 24.9. The molecule has 30 heavy (non-hydrogen) atoms. The van der Waals surface area contributed by atoms with Crippen LogP contribution in [-0.2, 0) is 11.3 Å². The fraction of sp³-hybridized carbons (Fsp3) is 0.238. The Balaban J connectivity index is 1.68. The van der Waals surface area contributed by atoms with E-state index in [-0.39, 0.29) is 18.1 Å². The van der Waals surface area contributed by atoms with E-state index in [0.717, 1.165) is 0 Å². The van der Waals surface area contributed by atoms with Gasteiger partial charge in [0.1, 0.15) is 18.1 Å². The Hall–Kier alpha value is -3.75. The van der Waals surface area contributed by atoms with Crippen molar-refractivity contribution in [2.75, 3.05) is 17.2 Å².